The quantitative estimate of drug-likeness (QED) is 0.564. The van der Waals surface area contributed by atoms with E-state index < -0.39 is 0 Å². The van der Waals surface area contributed by atoms with Crippen LogP contribution in [-0.2, 0) is 11.2 Å². The molecular weight excluding hydrogens is 354 g/mol. The van der Waals surface area contributed by atoms with Crippen molar-refractivity contribution in [1.82, 2.24) is 4.98 Å². The Bertz CT molecular complexity index is 914. The summed E-state index contributed by atoms with van der Waals surface area (Å²) >= 11 is 0. The van der Waals surface area contributed by atoms with E-state index >= 15 is 0 Å². The average Bonchev–Trinajstić information content (AvgIpc) is 3.22. The monoisotopic (exact) mass is 387 g/mol. The van der Waals surface area contributed by atoms with Gasteiger partial charge in [-0.1, -0.05) is 37.3 Å². The van der Waals surface area contributed by atoms with E-state index in [1.165, 1.54) is 55.2 Å². The van der Waals surface area contributed by atoms with Crippen LogP contribution in [0.4, 0.5) is 0 Å². The van der Waals surface area contributed by atoms with E-state index in [0.717, 1.165) is 31.6 Å². The molecule has 152 valence electrons. The Morgan fingerprint density at radius 3 is 3.03 bits per heavy atom. The molecule has 2 nitrogen and oxygen atoms in total. The Hall–Kier alpha value is -1.67. The zero-order valence-corrected chi connectivity index (χ0v) is 17.8. The van der Waals surface area contributed by atoms with Crippen molar-refractivity contribution in [2.75, 3.05) is 0 Å². The van der Waals surface area contributed by atoms with E-state index in [-0.39, 0.29) is 11.2 Å². The van der Waals surface area contributed by atoms with Gasteiger partial charge in [-0.2, -0.15) is 0 Å². The van der Waals surface area contributed by atoms with Gasteiger partial charge in [-0.3, -0.25) is 4.98 Å². The van der Waals surface area contributed by atoms with Crippen molar-refractivity contribution < 1.29 is 4.74 Å². The van der Waals surface area contributed by atoms with Gasteiger partial charge in [0.1, 0.15) is 0 Å². The molecule has 2 bridgehead atoms. The Morgan fingerprint density at radius 2 is 2.17 bits per heavy atom. The maximum absolute atomic E-state index is 7.23. The maximum Gasteiger partial charge on any atom is 0.0975 e. The Morgan fingerprint density at radius 1 is 1.24 bits per heavy atom. The van der Waals surface area contributed by atoms with E-state index in [9.17, 15) is 0 Å². The van der Waals surface area contributed by atoms with Crippen LogP contribution in [0, 0.1) is 17.3 Å². The Kier molecular flexibility index (Phi) is 3.86. The van der Waals surface area contributed by atoms with E-state index in [1.54, 1.807) is 5.57 Å². The number of ether oxygens (including phenoxy) is 1. The second-order valence-electron chi connectivity index (χ2n) is 10.7. The molecule has 5 atom stereocenters. The minimum atomic E-state index is -0.0167. The molecule has 29 heavy (non-hydrogen) atoms. The molecular formula is C27H33NO. The third kappa shape index (κ3) is 2.48. The number of pyridine rings is 1. The average molecular weight is 388 g/mol. The Balaban J connectivity index is 1.31. The molecule has 1 unspecified atom stereocenters. The zero-order valence-electron chi connectivity index (χ0n) is 17.8. The molecule has 2 saturated carbocycles. The molecule has 5 aliphatic rings. The van der Waals surface area contributed by atoms with E-state index in [0.29, 0.717) is 11.3 Å². The number of aryl methyl sites for hydroxylation is 1. The van der Waals surface area contributed by atoms with Gasteiger partial charge in [-0.05, 0) is 97.8 Å². The normalized spacial score (nSPS) is 42.6. The summed E-state index contributed by atoms with van der Waals surface area (Å²) in [7, 11) is 0. The fourth-order valence-corrected chi connectivity index (χ4v) is 7.81. The van der Waals surface area contributed by atoms with Crippen molar-refractivity contribution >= 4 is 0 Å². The van der Waals surface area contributed by atoms with E-state index in [1.807, 2.05) is 12.4 Å². The number of aromatic nitrogens is 1. The smallest absolute Gasteiger partial charge is 0.0975 e. The summed E-state index contributed by atoms with van der Waals surface area (Å²) in [6.45, 7) is 6.91. The molecule has 2 heteroatoms. The topological polar surface area (TPSA) is 22.1 Å². The summed E-state index contributed by atoms with van der Waals surface area (Å²) in [4.78, 5) is 4.31. The highest BCUT2D eigenvalue weighted by Crippen LogP contribution is 2.68. The van der Waals surface area contributed by atoms with E-state index in [4.69, 9.17) is 4.74 Å². The van der Waals surface area contributed by atoms with Gasteiger partial charge in [0, 0.05) is 18.8 Å². The fourth-order valence-electron chi connectivity index (χ4n) is 7.81. The van der Waals surface area contributed by atoms with Gasteiger partial charge in [-0.25, -0.2) is 0 Å². The maximum atomic E-state index is 7.23. The number of hydrogen-bond donors (Lipinski definition) is 0. The van der Waals surface area contributed by atoms with Gasteiger partial charge >= 0.3 is 0 Å². The second-order valence-corrected chi connectivity index (χ2v) is 10.7. The van der Waals surface area contributed by atoms with Gasteiger partial charge in [0.15, 0.2) is 0 Å². The lowest BCUT2D eigenvalue weighted by atomic mass is 9.58. The van der Waals surface area contributed by atoms with Crippen LogP contribution >= 0.6 is 0 Å². The van der Waals surface area contributed by atoms with Crippen molar-refractivity contribution in [1.29, 1.82) is 0 Å². The van der Waals surface area contributed by atoms with Crippen molar-refractivity contribution in [2.45, 2.75) is 82.3 Å². The van der Waals surface area contributed by atoms with Crippen LogP contribution in [0.1, 0.15) is 70.3 Å². The molecule has 1 saturated heterocycles. The fraction of sp³-hybridized carbons (Fsp3) is 0.593. The number of allylic oxidation sites excluding steroid dienone is 1. The lowest BCUT2D eigenvalue weighted by Gasteiger charge is -2.54. The number of rotatable bonds is 3. The van der Waals surface area contributed by atoms with Gasteiger partial charge in [0.05, 0.1) is 11.2 Å². The zero-order chi connectivity index (χ0) is 19.7. The van der Waals surface area contributed by atoms with Crippen LogP contribution < -0.4 is 0 Å². The van der Waals surface area contributed by atoms with Gasteiger partial charge in [0.25, 0.3) is 0 Å². The van der Waals surface area contributed by atoms with Crippen molar-refractivity contribution in [2.24, 2.45) is 17.3 Å². The number of hydrogen-bond acceptors (Lipinski definition) is 2. The predicted molar refractivity (Wildman–Crippen MR) is 116 cm³/mol. The SMILES string of the molecule is C=C1CCC2=CC3=CC[C@]4(C)[C@@H](CCc5cccnc5)CC[C@H]4[C@@]34CCC2(C1)O4. The van der Waals surface area contributed by atoms with Gasteiger partial charge in [-0.15, -0.1) is 0 Å². The van der Waals surface area contributed by atoms with Crippen molar-refractivity contribution in [3.63, 3.8) is 0 Å². The molecule has 3 aliphatic carbocycles. The van der Waals surface area contributed by atoms with E-state index in [2.05, 4.69) is 42.8 Å². The lowest BCUT2D eigenvalue weighted by Crippen LogP contribution is -2.53. The van der Waals surface area contributed by atoms with Crippen molar-refractivity contribution in [3.8, 4) is 0 Å². The molecule has 3 heterocycles. The van der Waals surface area contributed by atoms with Crippen molar-refractivity contribution in [3.05, 3.63) is 65.5 Å². The molecule has 2 aliphatic heterocycles. The highest BCUT2D eigenvalue weighted by atomic mass is 16.5. The number of fused-ring (bicyclic) bond motifs is 1. The molecule has 0 amide bonds. The summed E-state index contributed by atoms with van der Waals surface area (Å²) < 4.78 is 7.23. The van der Waals surface area contributed by atoms with Crippen LogP contribution in [0.25, 0.3) is 0 Å². The van der Waals surface area contributed by atoms with Crippen LogP contribution in [0.5, 0.6) is 0 Å². The minimum absolute atomic E-state index is 0.0152. The summed E-state index contributed by atoms with van der Waals surface area (Å²) in [6, 6.07) is 4.30. The Labute approximate surface area is 175 Å². The molecule has 2 spiro atoms. The highest BCUT2D eigenvalue weighted by molar-refractivity contribution is 5.48. The molecule has 0 radical (unpaired) electrons. The van der Waals surface area contributed by atoms with Crippen LogP contribution in [0.15, 0.2) is 60.0 Å². The lowest BCUT2D eigenvalue weighted by molar-refractivity contribution is -0.132. The minimum Gasteiger partial charge on any atom is -0.359 e. The molecule has 1 aromatic heterocycles. The molecule has 6 rings (SSSR count). The third-order valence-electron chi connectivity index (χ3n) is 9.33. The standard InChI is InChI=1S/C27H33NO/c1-19-5-7-22-16-23-11-12-25(2)21(8-6-20-4-3-15-28-18-20)9-10-24(25)27(23)14-13-26(22,17-19)29-27/h3-4,11,15-16,18,21,24H,1,5-10,12-14,17H2,2H3/t21-,24+,25+,26?,27+/m0/s1. The second kappa shape index (κ2) is 6.17. The first-order valence-electron chi connectivity index (χ1n) is 11.7. The third-order valence-corrected chi connectivity index (χ3v) is 9.33. The van der Waals surface area contributed by atoms with Gasteiger partial charge < -0.3 is 4.74 Å². The highest BCUT2D eigenvalue weighted by Gasteiger charge is 2.65. The summed E-state index contributed by atoms with van der Waals surface area (Å²) in [5.74, 6) is 1.45. The predicted octanol–water partition coefficient (Wildman–Crippen LogP) is 6.34. The first-order valence-corrected chi connectivity index (χ1v) is 11.7. The molecule has 0 aromatic carbocycles. The first-order chi connectivity index (χ1) is 14.0. The van der Waals surface area contributed by atoms with Crippen LogP contribution in [0.3, 0.4) is 0 Å². The number of nitrogens with zero attached hydrogens (tertiary/aromatic N) is 1. The summed E-state index contributed by atoms with van der Waals surface area (Å²) in [5.41, 5.74) is 6.21. The molecule has 0 N–H and O–H groups in total. The molecule has 3 fully saturated rings. The van der Waals surface area contributed by atoms with Crippen LogP contribution in [0.2, 0.25) is 0 Å². The first kappa shape index (κ1) is 18.1. The largest absolute Gasteiger partial charge is 0.359 e. The molecule has 1 aromatic rings. The summed E-state index contributed by atoms with van der Waals surface area (Å²) in [6.07, 6.45) is 21.2. The van der Waals surface area contributed by atoms with Gasteiger partial charge in [0.2, 0.25) is 0 Å². The summed E-state index contributed by atoms with van der Waals surface area (Å²) in [5, 5.41) is 0. The van der Waals surface area contributed by atoms with Crippen LogP contribution in [-0.4, -0.2) is 16.2 Å².